The highest BCUT2D eigenvalue weighted by molar-refractivity contribution is 5.94. The van der Waals surface area contributed by atoms with Crippen LogP contribution in [-0.4, -0.2) is 19.1 Å². The van der Waals surface area contributed by atoms with E-state index in [0.29, 0.717) is 5.75 Å². The molecule has 0 bridgehead atoms. The second-order valence-electron chi connectivity index (χ2n) is 5.30. The molecule has 1 N–H and O–H groups in total. The zero-order valence-corrected chi connectivity index (χ0v) is 13.3. The number of benzene rings is 2. The molecule has 116 valence electrons. The lowest BCUT2D eigenvalue weighted by molar-refractivity contribution is -0.122. The smallest absolute Gasteiger partial charge is 0.265 e. The van der Waals surface area contributed by atoms with Crippen molar-refractivity contribution in [3.05, 3.63) is 53.6 Å². The van der Waals surface area contributed by atoms with Crippen molar-refractivity contribution < 1.29 is 14.3 Å². The van der Waals surface area contributed by atoms with Gasteiger partial charge in [0.1, 0.15) is 11.5 Å². The van der Waals surface area contributed by atoms with Crippen LogP contribution in [0.15, 0.2) is 42.5 Å². The molecule has 2 aromatic carbocycles. The molecule has 0 spiro atoms. The van der Waals surface area contributed by atoms with E-state index >= 15 is 0 Å². The summed E-state index contributed by atoms with van der Waals surface area (Å²) in [6.45, 7) is 5.72. The predicted molar refractivity (Wildman–Crippen MR) is 87.6 cm³/mol. The number of methoxy groups -OCH3 is 1. The number of rotatable bonds is 5. The van der Waals surface area contributed by atoms with Crippen molar-refractivity contribution in [2.75, 3.05) is 12.4 Å². The van der Waals surface area contributed by atoms with E-state index in [4.69, 9.17) is 9.47 Å². The highest BCUT2D eigenvalue weighted by Crippen LogP contribution is 2.19. The Morgan fingerprint density at radius 1 is 1.00 bits per heavy atom. The Labute approximate surface area is 131 Å². The highest BCUT2D eigenvalue weighted by Gasteiger charge is 2.15. The van der Waals surface area contributed by atoms with E-state index in [-0.39, 0.29) is 5.91 Å². The first-order chi connectivity index (χ1) is 10.5. The fourth-order valence-electron chi connectivity index (χ4n) is 2.20. The molecule has 2 rings (SSSR count). The van der Waals surface area contributed by atoms with Gasteiger partial charge in [-0.1, -0.05) is 6.07 Å². The van der Waals surface area contributed by atoms with Gasteiger partial charge in [-0.3, -0.25) is 4.79 Å². The Morgan fingerprint density at radius 3 is 2.09 bits per heavy atom. The molecule has 0 heterocycles. The second-order valence-corrected chi connectivity index (χ2v) is 5.30. The molecular formula is C18H21NO3. The van der Waals surface area contributed by atoms with Gasteiger partial charge < -0.3 is 14.8 Å². The number of anilines is 1. The van der Waals surface area contributed by atoms with Crippen LogP contribution in [0.5, 0.6) is 11.5 Å². The summed E-state index contributed by atoms with van der Waals surface area (Å²) in [5.41, 5.74) is 3.01. The normalized spacial score (nSPS) is 11.6. The van der Waals surface area contributed by atoms with Crippen LogP contribution in [0.2, 0.25) is 0 Å². The molecule has 1 atom stereocenters. The first kappa shape index (κ1) is 15.9. The predicted octanol–water partition coefficient (Wildman–Crippen LogP) is 3.72. The van der Waals surface area contributed by atoms with Crippen molar-refractivity contribution in [2.24, 2.45) is 0 Å². The molecule has 22 heavy (non-hydrogen) atoms. The minimum absolute atomic E-state index is 0.180. The van der Waals surface area contributed by atoms with Crippen molar-refractivity contribution in [1.29, 1.82) is 0 Å². The quantitative estimate of drug-likeness (QED) is 0.915. The number of amides is 1. The Morgan fingerprint density at radius 2 is 1.55 bits per heavy atom. The summed E-state index contributed by atoms with van der Waals surface area (Å²) in [7, 11) is 1.61. The fourth-order valence-corrected chi connectivity index (χ4v) is 2.20. The number of carbonyl (C=O) groups is 1. The fraction of sp³-hybridized carbons (Fsp3) is 0.278. The summed E-state index contributed by atoms with van der Waals surface area (Å²) in [6, 6.07) is 13.1. The van der Waals surface area contributed by atoms with E-state index in [0.717, 1.165) is 22.6 Å². The van der Waals surface area contributed by atoms with E-state index in [2.05, 4.69) is 11.4 Å². The maximum absolute atomic E-state index is 12.2. The van der Waals surface area contributed by atoms with Crippen LogP contribution < -0.4 is 14.8 Å². The molecule has 0 fully saturated rings. The van der Waals surface area contributed by atoms with Crippen LogP contribution in [0.25, 0.3) is 0 Å². The third-order valence-corrected chi connectivity index (χ3v) is 3.23. The van der Waals surface area contributed by atoms with E-state index in [1.165, 1.54) is 0 Å². The maximum atomic E-state index is 12.2. The largest absolute Gasteiger partial charge is 0.497 e. The maximum Gasteiger partial charge on any atom is 0.265 e. The van der Waals surface area contributed by atoms with Gasteiger partial charge in [0, 0.05) is 5.69 Å². The molecule has 1 amide bonds. The molecule has 0 saturated carbocycles. The first-order valence-corrected chi connectivity index (χ1v) is 7.18. The number of carbonyl (C=O) groups excluding carboxylic acids is 1. The Kier molecular flexibility index (Phi) is 5.04. The zero-order chi connectivity index (χ0) is 16.1. The van der Waals surface area contributed by atoms with Crippen LogP contribution in [0.1, 0.15) is 18.1 Å². The van der Waals surface area contributed by atoms with Crippen molar-refractivity contribution in [1.82, 2.24) is 0 Å². The van der Waals surface area contributed by atoms with E-state index < -0.39 is 6.10 Å². The average molecular weight is 299 g/mol. The highest BCUT2D eigenvalue weighted by atomic mass is 16.5. The van der Waals surface area contributed by atoms with Gasteiger partial charge in [0.2, 0.25) is 0 Å². The zero-order valence-electron chi connectivity index (χ0n) is 13.3. The molecule has 0 aliphatic carbocycles. The average Bonchev–Trinajstić information content (AvgIpc) is 2.46. The van der Waals surface area contributed by atoms with Crippen molar-refractivity contribution in [3.8, 4) is 11.5 Å². The number of hydrogen-bond donors (Lipinski definition) is 1. The summed E-state index contributed by atoms with van der Waals surface area (Å²) in [5.74, 6) is 1.20. The number of ether oxygens (including phenoxy) is 2. The van der Waals surface area contributed by atoms with Crippen LogP contribution in [0, 0.1) is 13.8 Å². The molecule has 0 aromatic heterocycles. The monoisotopic (exact) mass is 299 g/mol. The van der Waals surface area contributed by atoms with Crippen LogP contribution in [-0.2, 0) is 4.79 Å². The third kappa shape index (κ3) is 4.25. The van der Waals surface area contributed by atoms with Crippen LogP contribution >= 0.6 is 0 Å². The van der Waals surface area contributed by atoms with Gasteiger partial charge in [-0.05, 0) is 68.3 Å². The van der Waals surface area contributed by atoms with Crippen LogP contribution in [0.3, 0.4) is 0 Å². The number of nitrogens with one attached hydrogen (secondary N) is 1. The molecule has 2 aromatic rings. The second kappa shape index (κ2) is 6.98. The number of aryl methyl sites for hydroxylation is 2. The molecular weight excluding hydrogens is 278 g/mol. The van der Waals surface area contributed by atoms with Crippen molar-refractivity contribution >= 4 is 11.6 Å². The van der Waals surface area contributed by atoms with E-state index in [9.17, 15) is 4.79 Å². The summed E-state index contributed by atoms with van der Waals surface area (Å²) in [4.78, 5) is 12.2. The van der Waals surface area contributed by atoms with Crippen LogP contribution in [0.4, 0.5) is 5.69 Å². The van der Waals surface area contributed by atoms with Crippen molar-refractivity contribution in [2.45, 2.75) is 26.9 Å². The van der Waals surface area contributed by atoms with Gasteiger partial charge >= 0.3 is 0 Å². The van der Waals surface area contributed by atoms with Gasteiger partial charge in [-0.25, -0.2) is 0 Å². The van der Waals surface area contributed by atoms with Gasteiger partial charge in [0.25, 0.3) is 5.91 Å². The summed E-state index contributed by atoms with van der Waals surface area (Å²) in [6.07, 6.45) is -0.589. The topological polar surface area (TPSA) is 47.6 Å². The van der Waals surface area contributed by atoms with Gasteiger partial charge in [0.05, 0.1) is 7.11 Å². The molecule has 0 aliphatic heterocycles. The van der Waals surface area contributed by atoms with E-state index in [1.807, 2.05) is 26.0 Å². The lowest BCUT2D eigenvalue weighted by Gasteiger charge is -2.15. The van der Waals surface area contributed by atoms with Gasteiger partial charge in [0.15, 0.2) is 6.10 Å². The van der Waals surface area contributed by atoms with Gasteiger partial charge in [-0.15, -0.1) is 0 Å². The molecule has 0 radical (unpaired) electrons. The van der Waals surface area contributed by atoms with E-state index in [1.54, 1.807) is 38.3 Å². The first-order valence-electron chi connectivity index (χ1n) is 7.18. The third-order valence-electron chi connectivity index (χ3n) is 3.23. The number of hydrogen-bond acceptors (Lipinski definition) is 3. The van der Waals surface area contributed by atoms with Crippen molar-refractivity contribution in [3.63, 3.8) is 0 Å². The van der Waals surface area contributed by atoms with Gasteiger partial charge in [-0.2, -0.15) is 0 Å². The molecule has 4 heteroatoms. The summed E-state index contributed by atoms with van der Waals surface area (Å²) < 4.78 is 10.7. The Balaban J connectivity index is 1.99. The molecule has 0 aliphatic rings. The lowest BCUT2D eigenvalue weighted by Crippen LogP contribution is -2.30. The molecule has 0 saturated heterocycles. The summed E-state index contributed by atoms with van der Waals surface area (Å²) in [5, 5.41) is 2.88. The standard InChI is InChI=1S/C18H21NO3/c1-12-9-13(2)11-15(10-12)19-18(20)14(3)22-17-7-5-16(21-4)6-8-17/h5-11,14H,1-4H3,(H,19,20)/t14-/m0/s1. The Hall–Kier alpha value is -2.49. The minimum atomic E-state index is -0.589. The minimum Gasteiger partial charge on any atom is -0.497 e. The SMILES string of the molecule is COc1ccc(O[C@@H](C)C(=O)Nc2cc(C)cc(C)c2)cc1. The molecule has 4 nitrogen and oxygen atoms in total. The summed E-state index contributed by atoms with van der Waals surface area (Å²) >= 11 is 0. The lowest BCUT2D eigenvalue weighted by atomic mass is 10.1. The Bertz CT molecular complexity index is 630. The molecule has 0 unspecified atom stereocenters.